The molecule has 1 atom stereocenters. The highest BCUT2D eigenvalue weighted by molar-refractivity contribution is 5.69. The molecule has 0 saturated heterocycles. The summed E-state index contributed by atoms with van der Waals surface area (Å²) in [6.07, 6.45) is 6.41. The predicted molar refractivity (Wildman–Crippen MR) is 78.5 cm³/mol. The van der Waals surface area contributed by atoms with E-state index in [0.717, 1.165) is 12.0 Å². The molecule has 0 radical (unpaired) electrons. The van der Waals surface area contributed by atoms with E-state index in [1.165, 1.54) is 12.4 Å². The number of rotatable bonds is 3. The highest BCUT2D eigenvalue weighted by Crippen LogP contribution is 2.27. The van der Waals surface area contributed by atoms with Crippen LogP contribution < -0.4 is 5.32 Å². The van der Waals surface area contributed by atoms with Gasteiger partial charge < -0.3 is 10.1 Å². The van der Waals surface area contributed by atoms with Crippen LogP contribution in [-0.2, 0) is 4.74 Å². The van der Waals surface area contributed by atoms with Crippen LogP contribution in [0.1, 0.15) is 52.1 Å². The van der Waals surface area contributed by atoms with Gasteiger partial charge in [0, 0.05) is 17.8 Å². The Labute approximate surface area is 128 Å². The normalized spacial score (nSPS) is 19.0. The van der Waals surface area contributed by atoms with E-state index in [-0.39, 0.29) is 6.04 Å². The molecule has 22 heavy (non-hydrogen) atoms. The van der Waals surface area contributed by atoms with Crippen molar-refractivity contribution in [2.45, 2.75) is 58.2 Å². The molecule has 0 fully saturated rings. The van der Waals surface area contributed by atoms with Gasteiger partial charge in [-0.05, 0) is 45.6 Å². The number of amides is 1. The number of hydrogen-bond acceptors (Lipinski definition) is 3. The molecule has 5 nitrogen and oxygen atoms in total. The Morgan fingerprint density at radius 2 is 2.23 bits per heavy atom. The van der Waals surface area contributed by atoms with Crippen LogP contribution in [0.3, 0.4) is 0 Å². The summed E-state index contributed by atoms with van der Waals surface area (Å²) in [5.74, 6) is 0. The lowest BCUT2D eigenvalue weighted by molar-refractivity contribution is 0.0501. The maximum absolute atomic E-state index is 12.5. The van der Waals surface area contributed by atoms with Gasteiger partial charge in [-0.3, -0.25) is 0 Å². The highest BCUT2D eigenvalue weighted by Gasteiger charge is 2.22. The fourth-order valence-corrected chi connectivity index (χ4v) is 2.31. The summed E-state index contributed by atoms with van der Waals surface area (Å²) < 4.78 is 30.9. The highest BCUT2D eigenvalue weighted by atomic mass is 19.3. The fraction of sp³-hybridized carbons (Fsp3) is 0.600. The third kappa shape index (κ3) is 4.54. The number of carbonyl (C=O) groups excluding carboxylic acids is 1. The van der Waals surface area contributed by atoms with Crippen molar-refractivity contribution in [1.29, 1.82) is 0 Å². The minimum atomic E-state index is -2.63. The summed E-state index contributed by atoms with van der Waals surface area (Å²) in [6, 6.07) is 0.00347. The Balaban J connectivity index is 1.90. The van der Waals surface area contributed by atoms with Crippen molar-refractivity contribution in [2.24, 2.45) is 0 Å². The zero-order chi connectivity index (χ0) is 16.3. The Morgan fingerprint density at radius 3 is 2.73 bits per heavy atom. The van der Waals surface area contributed by atoms with Gasteiger partial charge in [-0.15, -0.1) is 0 Å². The van der Waals surface area contributed by atoms with Crippen molar-refractivity contribution in [3.8, 4) is 0 Å². The SMILES string of the molecule is CC(C)(C)OC(=O)NC1CC=C(c2cnn(C(F)F)c2)CC1. The average Bonchev–Trinajstić information content (AvgIpc) is 2.87. The Kier molecular flexibility index (Phi) is 4.83. The molecular formula is C15H21F2N3O2. The molecule has 1 aromatic rings. The fourth-order valence-electron chi connectivity index (χ4n) is 2.31. The first-order valence-electron chi connectivity index (χ1n) is 7.26. The van der Waals surface area contributed by atoms with Crippen LogP contribution in [0, 0.1) is 0 Å². The molecule has 1 N–H and O–H groups in total. The topological polar surface area (TPSA) is 56.1 Å². The van der Waals surface area contributed by atoms with Crippen molar-refractivity contribution in [3.63, 3.8) is 0 Å². The molecule has 1 aliphatic rings. The number of aromatic nitrogens is 2. The number of alkyl carbamates (subject to hydrolysis) is 1. The number of ether oxygens (including phenoxy) is 1. The van der Waals surface area contributed by atoms with E-state index in [4.69, 9.17) is 4.74 Å². The van der Waals surface area contributed by atoms with Crippen LogP contribution in [-0.4, -0.2) is 27.5 Å². The third-order valence-corrected chi connectivity index (χ3v) is 3.30. The van der Waals surface area contributed by atoms with Gasteiger partial charge in [0.05, 0.1) is 6.20 Å². The maximum Gasteiger partial charge on any atom is 0.407 e. The second-order valence-electron chi connectivity index (χ2n) is 6.33. The van der Waals surface area contributed by atoms with Crippen LogP contribution in [0.2, 0.25) is 0 Å². The number of allylic oxidation sites excluding steroid dienone is 1. The van der Waals surface area contributed by atoms with Crippen molar-refractivity contribution in [3.05, 3.63) is 24.0 Å². The number of carbonyl (C=O) groups is 1. The molecule has 0 bridgehead atoms. The van der Waals surface area contributed by atoms with E-state index < -0.39 is 18.2 Å². The molecular weight excluding hydrogens is 292 g/mol. The largest absolute Gasteiger partial charge is 0.444 e. The third-order valence-electron chi connectivity index (χ3n) is 3.30. The Morgan fingerprint density at radius 1 is 1.50 bits per heavy atom. The number of halogens is 2. The summed E-state index contributed by atoms with van der Waals surface area (Å²) in [5.41, 5.74) is 1.16. The van der Waals surface area contributed by atoms with E-state index in [0.29, 0.717) is 23.1 Å². The minimum Gasteiger partial charge on any atom is -0.444 e. The molecule has 1 aromatic heterocycles. The van der Waals surface area contributed by atoms with Crippen LogP contribution >= 0.6 is 0 Å². The van der Waals surface area contributed by atoms with Crippen molar-refractivity contribution in [2.75, 3.05) is 0 Å². The van der Waals surface area contributed by atoms with Gasteiger partial charge >= 0.3 is 12.6 Å². The summed E-state index contributed by atoms with van der Waals surface area (Å²) >= 11 is 0. The first-order valence-corrected chi connectivity index (χ1v) is 7.26. The number of nitrogens with one attached hydrogen (secondary N) is 1. The Hall–Kier alpha value is -1.92. The zero-order valence-electron chi connectivity index (χ0n) is 13.0. The molecule has 122 valence electrons. The van der Waals surface area contributed by atoms with Gasteiger partial charge in [0.15, 0.2) is 0 Å². The summed E-state index contributed by atoms with van der Waals surface area (Å²) in [7, 11) is 0. The number of alkyl halides is 2. The van der Waals surface area contributed by atoms with Gasteiger partial charge in [-0.25, -0.2) is 9.48 Å². The van der Waals surface area contributed by atoms with Crippen molar-refractivity contribution >= 4 is 11.7 Å². The quantitative estimate of drug-likeness (QED) is 0.925. The Bertz CT molecular complexity index is 561. The molecule has 0 aromatic carbocycles. The lowest BCUT2D eigenvalue weighted by Gasteiger charge is -2.25. The maximum atomic E-state index is 12.5. The van der Waals surface area contributed by atoms with Gasteiger partial charge in [0.1, 0.15) is 5.60 Å². The average molecular weight is 313 g/mol. The first kappa shape index (κ1) is 16.5. The first-order chi connectivity index (χ1) is 10.2. The van der Waals surface area contributed by atoms with Crippen LogP contribution in [0.15, 0.2) is 18.5 Å². The lowest BCUT2D eigenvalue weighted by atomic mass is 9.92. The van der Waals surface area contributed by atoms with Crippen LogP contribution in [0.4, 0.5) is 13.6 Å². The second-order valence-corrected chi connectivity index (χ2v) is 6.33. The number of nitrogens with zero attached hydrogens (tertiary/aromatic N) is 2. The molecule has 1 unspecified atom stereocenters. The van der Waals surface area contributed by atoms with Gasteiger partial charge in [-0.2, -0.15) is 13.9 Å². The standard InChI is InChI=1S/C15H21F2N3O2/c1-15(2,3)22-14(21)19-12-6-4-10(5-7-12)11-8-18-20(9-11)13(16)17/h4,8-9,12-13H,5-7H2,1-3H3,(H,19,21). The van der Waals surface area contributed by atoms with Gasteiger partial charge in [0.2, 0.25) is 0 Å². The van der Waals surface area contributed by atoms with Gasteiger partial charge in [-0.1, -0.05) is 6.08 Å². The molecule has 0 spiro atoms. The van der Waals surface area contributed by atoms with E-state index in [2.05, 4.69) is 10.4 Å². The lowest BCUT2D eigenvalue weighted by Crippen LogP contribution is -2.39. The summed E-state index contributed by atoms with van der Waals surface area (Å²) in [4.78, 5) is 11.7. The minimum absolute atomic E-state index is 0.00347. The van der Waals surface area contributed by atoms with Crippen molar-refractivity contribution < 1.29 is 18.3 Å². The monoisotopic (exact) mass is 313 g/mol. The summed E-state index contributed by atoms with van der Waals surface area (Å²) in [5, 5.41) is 6.46. The second kappa shape index (κ2) is 6.46. The summed E-state index contributed by atoms with van der Waals surface area (Å²) in [6.45, 7) is 2.81. The van der Waals surface area contributed by atoms with Gasteiger partial charge in [0.25, 0.3) is 0 Å². The van der Waals surface area contributed by atoms with Crippen molar-refractivity contribution in [1.82, 2.24) is 15.1 Å². The van der Waals surface area contributed by atoms with Crippen LogP contribution in [0.25, 0.3) is 5.57 Å². The molecule has 1 heterocycles. The van der Waals surface area contributed by atoms with E-state index in [9.17, 15) is 13.6 Å². The molecule has 1 amide bonds. The van der Waals surface area contributed by atoms with E-state index in [1.807, 2.05) is 26.8 Å². The molecule has 0 saturated carbocycles. The van der Waals surface area contributed by atoms with E-state index >= 15 is 0 Å². The number of hydrogen-bond donors (Lipinski definition) is 1. The molecule has 1 aliphatic carbocycles. The predicted octanol–water partition coefficient (Wildman–Crippen LogP) is 3.74. The molecule has 2 rings (SSSR count). The molecule has 7 heteroatoms. The van der Waals surface area contributed by atoms with Crippen LogP contribution in [0.5, 0.6) is 0 Å². The molecule has 0 aliphatic heterocycles. The zero-order valence-corrected chi connectivity index (χ0v) is 13.0. The smallest absolute Gasteiger partial charge is 0.407 e. The van der Waals surface area contributed by atoms with E-state index in [1.54, 1.807) is 0 Å².